The largest absolute Gasteiger partial charge is 0.356 e. The average molecular weight is 355 g/mol. The van der Waals surface area contributed by atoms with Crippen LogP contribution in [-0.4, -0.2) is 33.0 Å². The molecule has 0 spiro atoms. The molecule has 0 bridgehead atoms. The Morgan fingerprint density at radius 1 is 1.04 bits per heavy atom. The van der Waals surface area contributed by atoms with E-state index in [-0.39, 0.29) is 6.23 Å². The van der Waals surface area contributed by atoms with E-state index in [2.05, 4.69) is 39.5 Å². The van der Waals surface area contributed by atoms with E-state index in [1.807, 2.05) is 36.5 Å². The fourth-order valence-electron chi connectivity index (χ4n) is 3.06. The van der Waals surface area contributed by atoms with Crippen molar-refractivity contribution in [3.8, 4) is 0 Å². The molecular weight excluding hydrogens is 336 g/mol. The fourth-order valence-corrected chi connectivity index (χ4v) is 3.26. The number of nitrogens with zero attached hydrogens (tertiary/aromatic N) is 4. The number of hydrogen-bond acceptors (Lipinski definition) is 4. The van der Waals surface area contributed by atoms with E-state index in [1.165, 1.54) is 5.56 Å². The van der Waals surface area contributed by atoms with E-state index in [9.17, 15) is 0 Å². The lowest BCUT2D eigenvalue weighted by Crippen LogP contribution is -2.23. The van der Waals surface area contributed by atoms with Crippen LogP contribution in [0.15, 0.2) is 60.8 Å². The van der Waals surface area contributed by atoms with Crippen molar-refractivity contribution in [3.63, 3.8) is 0 Å². The van der Waals surface area contributed by atoms with Crippen LogP contribution >= 0.6 is 11.6 Å². The molecule has 1 aliphatic heterocycles. The van der Waals surface area contributed by atoms with Crippen LogP contribution in [0.4, 0.5) is 0 Å². The minimum absolute atomic E-state index is 0.153. The molecule has 3 aromatic rings. The van der Waals surface area contributed by atoms with E-state index in [0.717, 1.165) is 29.4 Å². The molecule has 1 atom stereocenters. The average Bonchev–Trinajstić information content (AvgIpc) is 3.27. The van der Waals surface area contributed by atoms with Gasteiger partial charge < -0.3 is 4.74 Å². The van der Waals surface area contributed by atoms with Crippen LogP contribution in [0.1, 0.15) is 23.0 Å². The van der Waals surface area contributed by atoms with E-state index >= 15 is 0 Å². The summed E-state index contributed by atoms with van der Waals surface area (Å²) >= 11 is 6.23. The highest BCUT2D eigenvalue weighted by molar-refractivity contribution is 6.31. The van der Waals surface area contributed by atoms with Gasteiger partial charge in [-0.25, -0.2) is 4.68 Å². The maximum Gasteiger partial charge on any atom is 0.157 e. The summed E-state index contributed by atoms with van der Waals surface area (Å²) in [5, 5.41) is 9.30. The first-order valence-corrected chi connectivity index (χ1v) is 8.70. The molecule has 1 unspecified atom stereocenters. The molecule has 4 rings (SSSR count). The van der Waals surface area contributed by atoms with Crippen LogP contribution in [-0.2, 0) is 17.8 Å². The second-order valence-electron chi connectivity index (χ2n) is 6.11. The van der Waals surface area contributed by atoms with Gasteiger partial charge in [0, 0.05) is 18.1 Å². The second kappa shape index (κ2) is 7.35. The van der Waals surface area contributed by atoms with E-state index < -0.39 is 0 Å². The van der Waals surface area contributed by atoms with Crippen molar-refractivity contribution in [2.24, 2.45) is 0 Å². The summed E-state index contributed by atoms with van der Waals surface area (Å²) in [6.45, 7) is 3.02. The number of ether oxygens (including phenoxy) is 1. The third kappa shape index (κ3) is 3.74. The summed E-state index contributed by atoms with van der Waals surface area (Å²) in [6.07, 6.45) is 1.79. The summed E-state index contributed by atoms with van der Waals surface area (Å²) in [6, 6.07) is 18.2. The quantitative estimate of drug-likeness (QED) is 0.703. The molecule has 0 saturated carbocycles. The van der Waals surface area contributed by atoms with Crippen molar-refractivity contribution in [1.29, 1.82) is 0 Å². The smallest absolute Gasteiger partial charge is 0.157 e. The predicted molar refractivity (Wildman–Crippen MR) is 96.1 cm³/mol. The van der Waals surface area contributed by atoms with Gasteiger partial charge in [-0.1, -0.05) is 65.3 Å². The minimum Gasteiger partial charge on any atom is -0.356 e. The Kier molecular flexibility index (Phi) is 4.78. The number of benzene rings is 2. The van der Waals surface area contributed by atoms with Gasteiger partial charge in [-0.2, -0.15) is 0 Å². The Balaban J connectivity index is 1.48. The summed E-state index contributed by atoms with van der Waals surface area (Å²) in [5.41, 5.74) is 3.12. The van der Waals surface area contributed by atoms with Gasteiger partial charge in [0.15, 0.2) is 6.23 Å². The van der Waals surface area contributed by atoms with Crippen molar-refractivity contribution in [2.45, 2.75) is 19.3 Å². The Hall–Kier alpha value is -2.21. The van der Waals surface area contributed by atoms with Gasteiger partial charge in [0.2, 0.25) is 0 Å². The highest BCUT2D eigenvalue weighted by Gasteiger charge is 2.29. The van der Waals surface area contributed by atoms with E-state index in [1.54, 1.807) is 4.68 Å². The highest BCUT2D eigenvalue weighted by Crippen LogP contribution is 2.27. The molecule has 1 aliphatic rings. The topological polar surface area (TPSA) is 43.2 Å². The number of rotatable bonds is 5. The van der Waals surface area contributed by atoms with Crippen molar-refractivity contribution in [3.05, 3.63) is 82.6 Å². The maximum absolute atomic E-state index is 6.23. The van der Waals surface area contributed by atoms with Crippen molar-refractivity contribution in [2.75, 3.05) is 13.2 Å². The summed E-state index contributed by atoms with van der Waals surface area (Å²) in [5.74, 6) is 0. The van der Waals surface area contributed by atoms with Crippen LogP contribution in [0.25, 0.3) is 0 Å². The van der Waals surface area contributed by atoms with Crippen molar-refractivity contribution in [1.82, 2.24) is 19.9 Å². The SMILES string of the molecule is Clc1ccccc1Cn1cc(C2OCCN2Cc2ccccc2)nn1. The monoisotopic (exact) mass is 354 g/mol. The lowest BCUT2D eigenvalue weighted by molar-refractivity contribution is 0.0252. The highest BCUT2D eigenvalue weighted by atomic mass is 35.5. The molecule has 0 N–H and O–H groups in total. The lowest BCUT2D eigenvalue weighted by atomic mass is 10.2. The molecule has 0 amide bonds. The lowest BCUT2D eigenvalue weighted by Gasteiger charge is -2.20. The minimum atomic E-state index is -0.153. The zero-order valence-corrected chi connectivity index (χ0v) is 14.5. The molecule has 25 heavy (non-hydrogen) atoms. The molecule has 128 valence electrons. The van der Waals surface area contributed by atoms with Crippen LogP contribution in [0, 0.1) is 0 Å². The molecule has 1 fully saturated rings. The first kappa shape index (κ1) is 16.3. The second-order valence-corrected chi connectivity index (χ2v) is 6.52. The van der Waals surface area contributed by atoms with Crippen LogP contribution in [0.5, 0.6) is 0 Å². The number of hydrogen-bond donors (Lipinski definition) is 0. The van der Waals surface area contributed by atoms with Crippen LogP contribution in [0.2, 0.25) is 5.02 Å². The molecule has 0 aliphatic carbocycles. The fraction of sp³-hybridized carbons (Fsp3) is 0.263. The molecule has 6 heteroatoms. The van der Waals surface area contributed by atoms with Gasteiger partial charge in [0.05, 0.1) is 19.3 Å². The van der Waals surface area contributed by atoms with Gasteiger partial charge in [-0.05, 0) is 17.2 Å². The predicted octanol–water partition coefficient (Wildman–Crippen LogP) is 3.51. The molecule has 2 aromatic carbocycles. The van der Waals surface area contributed by atoms with E-state index in [0.29, 0.717) is 13.2 Å². The number of aromatic nitrogens is 3. The van der Waals surface area contributed by atoms with Crippen molar-refractivity contribution >= 4 is 11.6 Å². The third-order valence-corrected chi connectivity index (χ3v) is 4.68. The first-order valence-electron chi connectivity index (χ1n) is 8.32. The van der Waals surface area contributed by atoms with Gasteiger partial charge >= 0.3 is 0 Å². The standard InChI is InChI=1S/C19H19ClN4O/c20-17-9-5-4-8-16(17)13-24-14-18(21-22-24)19-23(10-11-25-19)12-15-6-2-1-3-7-15/h1-9,14,19H,10-13H2. The summed E-state index contributed by atoms with van der Waals surface area (Å²) in [7, 11) is 0. The van der Waals surface area contributed by atoms with Crippen LogP contribution in [0.3, 0.4) is 0 Å². The Bertz CT molecular complexity index is 836. The van der Waals surface area contributed by atoms with Crippen LogP contribution < -0.4 is 0 Å². The maximum atomic E-state index is 6.23. The van der Waals surface area contributed by atoms with Gasteiger partial charge in [-0.15, -0.1) is 5.10 Å². The van der Waals surface area contributed by atoms with Gasteiger partial charge in [-0.3, -0.25) is 4.90 Å². The molecule has 1 aromatic heterocycles. The normalized spacial score (nSPS) is 17.9. The molecule has 5 nitrogen and oxygen atoms in total. The van der Waals surface area contributed by atoms with Gasteiger partial charge in [0.1, 0.15) is 5.69 Å². The molecule has 0 radical (unpaired) electrons. The zero-order chi connectivity index (χ0) is 17.1. The first-order chi connectivity index (χ1) is 12.3. The molecule has 1 saturated heterocycles. The van der Waals surface area contributed by atoms with Crippen molar-refractivity contribution < 1.29 is 4.74 Å². The Labute approximate surface area is 151 Å². The van der Waals surface area contributed by atoms with Gasteiger partial charge in [0.25, 0.3) is 0 Å². The third-order valence-electron chi connectivity index (χ3n) is 4.31. The Morgan fingerprint density at radius 2 is 1.84 bits per heavy atom. The Morgan fingerprint density at radius 3 is 2.68 bits per heavy atom. The summed E-state index contributed by atoms with van der Waals surface area (Å²) in [4.78, 5) is 2.28. The summed E-state index contributed by atoms with van der Waals surface area (Å²) < 4.78 is 7.70. The molecule has 2 heterocycles. The van der Waals surface area contributed by atoms with E-state index in [4.69, 9.17) is 16.3 Å². The zero-order valence-electron chi connectivity index (χ0n) is 13.8. The number of halogens is 1. The molecular formula is C19H19ClN4O.